The molecule has 1 aliphatic rings. The summed E-state index contributed by atoms with van der Waals surface area (Å²) >= 11 is 0. The van der Waals surface area contributed by atoms with Crippen molar-refractivity contribution < 1.29 is 27.8 Å². The highest BCUT2D eigenvalue weighted by Gasteiger charge is 2.35. The van der Waals surface area contributed by atoms with Gasteiger partial charge in [-0.2, -0.15) is 0 Å². The molecule has 2 atom stereocenters. The van der Waals surface area contributed by atoms with Gasteiger partial charge in [0.25, 0.3) is 0 Å². The van der Waals surface area contributed by atoms with Gasteiger partial charge in [-0.25, -0.2) is 9.78 Å². The van der Waals surface area contributed by atoms with Crippen LogP contribution in [0.5, 0.6) is 5.75 Å². The summed E-state index contributed by atoms with van der Waals surface area (Å²) in [5, 5.41) is 12.6. The smallest absolute Gasteiger partial charge is 0.478 e. The molecule has 0 spiro atoms. The summed E-state index contributed by atoms with van der Waals surface area (Å²) in [7, 11) is 0. The number of anilines is 2. The number of imidazole rings is 1. The quantitative estimate of drug-likeness (QED) is 0.439. The molecule has 0 bridgehead atoms. The topological polar surface area (TPSA) is 76.4 Å². The lowest BCUT2D eigenvalue weighted by atomic mass is 9.70. The molecule has 1 aliphatic carbocycles. The van der Waals surface area contributed by atoms with Gasteiger partial charge < -0.3 is 19.7 Å². The second-order valence-corrected chi connectivity index (χ2v) is 9.58. The molecule has 1 heterocycles. The van der Waals surface area contributed by atoms with E-state index >= 15 is 0 Å². The van der Waals surface area contributed by atoms with E-state index in [0.29, 0.717) is 23.1 Å². The maximum absolute atomic E-state index is 12.5. The number of aromatic nitrogens is 2. The van der Waals surface area contributed by atoms with Crippen LogP contribution in [0.1, 0.15) is 56.4 Å². The first-order chi connectivity index (χ1) is 15.4. The molecule has 2 aromatic carbocycles. The fraction of sp³-hybridized carbons (Fsp3) is 0.417. The van der Waals surface area contributed by atoms with Crippen LogP contribution in [0.2, 0.25) is 0 Å². The Bertz CT molecular complexity index is 1170. The minimum absolute atomic E-state index is 0.133. The Hall–Kier alpha value is -3.23. The molecule has 0 amide bonds. The molecule has 1 saturated carbocycles. The molecule has 1 aromatic heterocycles. The van der Waals surface area contributed by atoms with Crippen molar-refractivity contribution in [2.45, 2.75) is 52.4 Å². The molecule has 0 saturated heterocycles. The number of nitrogens with one attached hydrogen (secondary N) is 1. The predicted molar refractivity (Wildman–Crippen MR) is 119 cm³/mol. The van der Waals surface area contributed by atoms with Gasteiger partial charge in [0.05, 0.1) is 16.6 Å². The maximum atomic E-state index is 12.5. The number of hydrogen-bond acceptors (Lipinski definition) is 4. The fourth-order valence-corrected chi connectivity index (χ4v) is 5.05. The van der Waals surface area contributed by atoms with Crippen molar-refractivity contribution >= 4 is 28.6 Å². The molecule has 33 heavy (non-hydrogen) atoms. The third-order valence-corrected chi connectivity index (χ3v) is 6.01. The molecule has 9 heteroatoms. The van der Waals surface area contributed by atoms with Crippen molar-refractivity contribution in [1.29, 1.82) is 0 Å². The van der Waals surface area contributed by atoms with Gasteiger partial charge in [-0.05, 0) is 73.1 Å². The van der Waals surface area contributed by atoms with E-state index in [1.54, 1.807) is 12.1 Å². The monoisotopic (exact) mass is 461 g/mol. The highest BCUT2D eigenvalue weighted by Crippen LogP contribution is 2.46. The first-order valence-corrected chi connectivity index (χ1v) is 10.8. The number of hydrogen-bond donors (Lipinski definition) is 2. The van der Waals surface area contributed by atoms with Crippen molar-refractivity contribution in [1.82, 2.24) is 9.55 Å². The lowest BCUT2D eigenvalue weighted by Gasteiger charge is -2.40. The number of carbonyl (C=O) groups is 1. The Kier molecular flexibility index (Phi) is 5.76. The zero-order valence-corrected chi connectivity index (χ0v) is 18.6. The molecular weight excluding hydrogens is 435 g/mol. The number of alkyl halides is 3. The number of benzene rings is 2. The second-order valence-electron chi connectivity index (χ2n) is 9.58. The third kappa shape index (κ3) is 5.23. The summed E-state index contributed by atoms with van der Waals surface area (Å²) in [5.41, 5.74) is 2.18. The van der Waals surface area contributed by atoms with Gasteiger partial charge in [-0.3, -0.25) is 0 Å². The van der Waals surface area contributed by atoms with E-state index in [2.05, 4.69) is 40.4 Å². The van der Waals surface area contributed by atoms with E-state index in [9.17, 15) is 23.1 Å². The van der Waals surface area contributed by atoms with Gasteiger partial charge >= 0.3 is 12.3 Å². The highest BCUT2D eigenvalue weighted by atomic mass is 19.4. The van der Waals surface area contributed by atoms with Gasteiger partial charge in [-0.15, -0.1) is 13.2 Å². The van der Waals surface area contributed by atoms with Gasteiger partial charge in [0, 0.05) is 11.7 Å². The summed E-state index contributed by atoms with van der Waals surface area (Å²) in [4.78, 5) is 16.1. The first kappa shape index (κ1) is 22.9. The van der Waals surface area contributed by atoms with Crippen LogP contribution in [0.4, 0.5) is 24.8 Å². The Balaban J connectivity index is 1.73. The highest BCUT2D eigenvalue weighted by molar-refractivity contribution is 5.93. The van der Waals surface area contributed by atoms with Crippen molar-refractivity contribution in [2.24, 2.45) is 11.3 Å². The van der Waals surface area contributed by atoms with Crippen molar-refractivity contribution in [2.75, 3.05) is 5.32 Å². The van der Waals surface area contributed by atoms with E-state index in [1.165, 1.54) is 30.3 Å². The molecule has 1 fully saturated rings. The van der Waals surface area contributed by atoms with Crippen LogP contribution >= 0.6 is 0 Å². The molecule has 6 nitrogen and oxygen atoms in total. The number of aromatic carboxylic acids is 1. The van der Waals surface area contributed by atoms with Gasteiger partial charge in [0.2, 0.25) is 5.95 Å². The molecular formula is C24H26F3N3O3. The molecule has 4 rings (SSSR count). The van der Waals surface area contributed by atoms with Crippen LogP contribution in [-0.2, 0) is 0 Å². The van der Waals surface area contributed by atoms with Crippen LogP contribution in [0.15, 0.2) is 42.5 Å². The van der Waals surface area contributed by atoms with E-state index < -0.39 is 12.3 Å². The maximum Gasteiger partial charge on any atom is 0.573 e. The normalized spacial score (nSPS) is 20.5. The number of rotatable bonds is 5. The van der Waals surface area contributed by atoms with Crippen LogP contribution in [0, 0.1) is 11.3 Å². The summed E-state index contributed by atoms with van der Waals surface area (Å²) in [5.74, 6) is -0.322. The van der Waals surface area contributed by atoms with Gasteiger partial charge in [0.15, 0.2) is 0 Å². The standard InChI is InChI=1S/C24H26F3N3O3/c1-14-10-17(13-23(2,3)12-14)30-20-9-4-15(21(31)32)11-19(20)29-22(30)28-16-5-7-18(8-6-16)33-24(25,26)27/h4-9,11,14,17H,10,12-13H2,1-3H3,(H,28,29)(H,31,32)/t14-,17?/m0/s1. The number of nitrogens with zero attached hydrogens (tertiary/aromatic N) is 2. The SMILES string of the molecule is C[C@H]1CC(n2c(Nc3ccc(OC(F)(F)F)cc3)nc3cc(C(=O)O)ccc32)CC(C)(C)C1. The predicted octanol–water partition coefficient (Wildman–Crippen LogP) is 6.76. The summed E-state index contributed by atoms with van der Waals surface area (Å²) in [6, 6.07) is 10.4. The molecule has 176 valence electrons. The average Bonchev–Trinajstić information content (AvgIpc) is 3.03. The number of fused-ring (bicyclic) bond motifs is 1. The zero-order valence-electron chi connectivity index (χ0n) is 18.6. The van der Waals surface area contributed by atoms with E-state index in [0.717, 1.165) is 24.8 Å². The molecule has 0 radical (unpaired) electrons. The minimum Gasteiger partial charge on any atom is -0.478 e. The molecule has 0 aliphatic heterocycles. The Labute approximate surface area is 189 Å². The Morgan fingerprint density at radius 2 is 1.88 bits per heavy atom. The minimum atomic E-state index is -4.75. The molecule has 3 aromatic rings. The van der Waals surface area contributed by atoms with Crippen LogP contribution in [0.3, 0.4) is 0 Å². The van der Waals surface area contributed by atoms with Gasteiger partial charge in [0.1, 0.15) is 5.75 Å². The molecule has 2 N–H and O–H groups in total. The van der Waals surface area contributed by atoms with E-state index in [4.69, 9.17) is 0 Å². The lowest BCUT2D eigenvalue weighted by molar-refractivity contribution is -0.274. The summed E-state index contributed by atoms with van der Waals surface area (Å²) in [6.07, 6.45) is -1.77. The Morgan fingerprint density at radius 1 is 1.18 bits per heavy atom. The number of carboxylic acid groups (broad SMARTS) is 1. The fourth-order valence-electron chi connectivity index (χ4n) is 5.05. The van der Waals surface area contributed by atoms with Crippen LogP contribution in [-0.4, -0.2) is 27.0 Å². The largest absolute Gasteiger partial charge is 0.573 e. The van der Waals surface area contributed by atoms with Crippen molar-refractivity contribution in [3.63, 3.8) is 0 Å². The number of halogens is 3. The van der Waals surface area contributed by atoms with Crippen molar-refractivity contribution in [3.05, 3.63) is 48.0 Å². The summed E-state index contributed by atoms with van der Waals surface area (Å²) < 4.78 is 43.4. The second kappa shape index (κ2) is 8.28. The van der Waals surface area contributed by atoms with E-state index in [1.807, 2.05) is 0 Å². The Morgan fingerprint density at radius 3 is 2.48 bits per heavy atom. The van der Waals surface area contributed by atoms with Crippen LogP contribution < -0.4 is 10.1 Å². The van der Waals surface area contributed by atoms with Gasteiger partial charge in [-0.1, -0.05) is 20.8 Å². The zero-order chi connectivity index (χ0) is 24.0. The molecule has 1 unspecified atom stereocenters. The average molecular weight is 461 g/mol. The third-order valence-electron chi connectivity index (χ3n) is 6.01. The summed E-state index contributed by atoms with van der Waals surface area (Å²) in [6.45, 7) is 6.70. The number of carboxylic acids is 1. The first-order valence-electron chi connectivity index (χ1n) is 10.8. The van der Waals surface area contributed by atoms with Crippen molar-refractivity contribution in [3.8, 4) is 5.75 Å². The number of ether oxygens (including phenoxy) is 1. The van der Waals surface area contributed by atoms with E-state index in [-0.39, 0.29) is 22.8 Å². The lowest BCUT2D eigenvalue weighted by Crippen LogP contribution is -2.29. The van der Waals surface area contributed by atoms with Crippen LogP contribution in [0.25, 0.3) is 11.0 Å².